The summed E-state index contributed by atoms with van der Waals surface area (Å²) in [6.07, 6.45) is 2.11. The van der Waals surface area contributed by atoms with Gasteiger partial charge in [-0.3, -0.25) is 14.4 Å². The molecule has 6 heteroatoms. The van der Waals surface area contributed by atoms with Crippen molar-refractivity contribution in [3.8, 4) is 5.75 Å². The smallest absolute Gasteiger partial charge is 0.245 e. The molecule has 1 aromatic carbocycles. The average molecular weight is 307 g/mol. The Bertz CT molecular complexity index is 527. The molecule has 0 atom stereocenters. The van der Waals surface area contributed by atoms with Crippen LogP contribution in [0.5, 0.6) is 5.75 Å². The topological polar surface area (TPSA) is 81.7 Å². The van der Waals surface area contributed by atoms with Gasteiger partial charge in [-0.1, -0.05) is 12.1 Å². The van der Waals surface area contributed by atoms with Gasteiger partial charge in [-0.25, -0.2) is 0 Å². The summed E-state index contributed by atoms with van der Waals surface area (Å²) in [6.45, 7) is 2.40. The molecule has 1 N–H and O–H groups in total. The number of carbonyl (C=O) groups excluding carboxylic acids is 3. The first kappa shape index (κ1) is 17.8. The normalized spacial score (nSPS) is 10.1. The van der Waals surface area contributed by atoms with Crippen LogP contribution in [0.15, 0.2) is 18.2 Å². The Morgan fingerprint density at radius 2 is 2.05 bits per heavy atom. The Hall–Kier alpha value is -2.21. The molecule has 1 aromatic rings. The van der Waals surface area contributed by atoms with E-state index in [4.69, 9.17) is 9.47 Å². The van der Waals surface area contributed by atoms with Crippen LogP contribution in [-0.4, -0.2) is 44.8 Å². The Labute approximate surface area is 129 Å². The summed E-state index contributed by atoms with van der Waals surface area (Å²) < 4.78 is 10.3. The van der Waals surface area contributed by atoms with Crippen LogP contribution in [0.4, 0.5) is 0 Å². The molecule has 6 nitrogen and oxygen atoms in total. The second kappa shape index (κ2) is 9.68. The molecule has 0 unspecified atom stereocenters. The maximum absolute atomic E-state index is 11.6. The zero-order valence-electron chi connectivity index (χ0n) is 12.9. The second-order valence-electron chi connectivity index (χ2n) is 4.73. The minimum Gasteiger partial charge on any atom is -0.493 e. The molecule has 0 radical (unpaired) electrons. The van der Waals surface area contributed by atoms with Crippen LogP contribution in [0.3, 0.4) is 0 Å². The van der Waals surface area contributed by atoms with E-state index in [9.17, 15) is 14.4 Å². The summed E-state index contributed by atoms with van der Waals surface area (Å²) in [5.74, 6) is 0.0611. The number of benzene rings is 1. The van der Waals surface area contributed by atoms with Crippen LogP contribution < -0.4 is 10.1 Å². The number of ketones is 1. The summed E-state index contributed by atoms with van der Waals surface area (Å²) in [4.78, 5) is 33.7. The standard InChI is InChI=1S/C16H21NO5/c1-12(19)16-13(10-18)6-5-7-14(16)22-9-4-3-8-17-15(20)11-21-2/h5-7,10H,3-4,8-9,11H2,1-2H3,(H,17,20). The number of nitrogens with one attached hydrogen (secondary N) is 1. The lowest BCUT2D eigenvalue weighted by Crippen LogP contribution is -2.28. The monoisotopic (exact) mass is 307 g/mol. The number of rotatable bonds is 10. The summed E-state index contributed by atoms with van der Waals surface area (Å²) in [5.41, 5.74) is 0.641. The van der Waals surface area contributed by atoms with Gasteiger partial charge < -0.3 is 14.8 Å². The summed E-state index contributed by atoms with van der Waals surface area (Å²) in [7, 11) is 1.47. The third-order valence-corrected chi connectivity index (χ3v) is 2.96. The van der Waals surface area contributed by atoms with Crippen molar-refractivity contribution < 1.29 is 23.9 Å². The molecule has 0 heterocycles. The minimum absolute atomic E-state index is 0.0525. The van der Waals surface area contributed by atoms with E-state index in [1.54, 1.807) is 18.2 Å². The highest BCUT2D eigenvalue weighted by Crippen LogP contribution is 2.22. The van der Waals surface area contributed by atoms with E-state index < -0.39 is 0 Å². The van der Waals surface area contributed by atoms with Crippen molar-refractivity contribution in [2.45, 2.75) is 19.8 Å². The molecule has 22 heavy (non-hydrogen) atoms. The lowest BCUT2D eigenvalue weighted by molar-refractivity contribution is -0.124. The minimum atomic E-state index is -0.204. The van der Waals surface area contributed by atoms with E-state index in [2.05, 4.69) is 5.32 Å². The van der Waals surface area contributed by atoms with E-state index in [1.165, 1.54) is 14.0 Å². The Kier molecular flexibility index (Phi) is 7.85. The zero-order valence-corrected chi connectivity index (χ0v) is 12.9. The summed E-state index contributed by atoms with van der Waals surface area (Å²) in [5, 5.41) is 2.71. The molecule has 0 aliphatic heterocycles. The summed E-state index contributed by atoms with van der Waals surface area (Å²) >= 11 is 0. The number of hydrogen-bond acceptors (Lipinski definition) is 5. The summed E-state index contributed by atoms with van der Waals surface area (Å²) in [6, 6.07) is 4.93. The molecule has 0 saturated heterocycles. The Morgan fingerprint density at radius 1 is 1.27 bits per heavy atom. The van der Waals surface area contributed by atoms with Gasteiger partial charge in [0, 0.05) is 19.2 Å². The molecule has 0 aliphatic rings. The van der Waals surface area contributed by atoms with Crippen LogP contribution in [0.1, 0.15) is 40.5 Å². The molecule has 1 amide bonds. The fourth-order valence-electron chi connectivity index (χ4n) is 1.96. The Balaban J connectivity index is 2.41. The van der Waals surface area contributed by atoms with Crippen molar-refractivity contribution in [1.29, 1.82) is 0 Å². The zero-order chi connectivity index (χ0) is 16.4. The van der Waals surface area contributed by atoms with Gasteiger partial charge in [0.25, 0.3) is 0 Å². The van der Waals surface area contributed by atoms with Gasteiger partial charge in [0.05, 0.1) is 12.2 Å². The lowest BCUT2D eigenvalue weighted by atomic mass is 10.0. The maximum atomic E-state index is 11.6. The molecule has 0 fully saturated rings. The SMILES string of the molecule is COCC(=O)NCCCCOc1cccc(C=O)c1C(C)=O. The third-order valence-electron chi connectivity index (χ3n) is 2.96. The van der Waals surface area contributed by atoms with E-state index in [0.29, 0.717) is 36.3 Å². The quantitative estimate of drug-likeness (QED) is 0.403. The van der Waals surface area contributed by atoms with Crippen LogP contribution >= 0.6 is 0 Å². The predicted molar refractivity (Wildman–Crippen MR) is 81.4 cm³/mol. The largest absolute Gasteiger partial charge is 0.493 e. The fraction of sp³-hybridized carbons (Fsp3) is 0.438. The van der Waals surface area contributed by atoms with Crippen LogP contribution in [0.25, 0.3) is 0 Å². The van der Waals surface area contributed by atoms with E-state index >= 15 is 0 Å². The molecule has 0 aromatic heterocycles. The lowest BCUT2D eigenvalue weighted by Gasteiger charge is -2.11. The first-order chi connectivity index (χ1) is 10.6. The molecular formula is C16H21NO5. The van der Waals surface area contributed by atoms with Crippen molar-refractivity contribution in [2.75, 3.05) is 26.9 Å². The van der Waals surface area contributed by atoms with Crippen LogP contribution in [-0.2, 0) is 9.53 Å². The Morgan fingerprint density at radius 3 is 2.68 bits per heavy atom. The van der Waals surface area contributed by atoms with Crippen LogP contribution in [0.2, 0.25) is 0 Å². The number of ether oxygens (including phenoxy) is 2. The van der Waals surface area contributed by atoms with Crippen molar-refractivity contribution >= 4 is 18.0 Å². The predicted octanol–water partition coefficient (Wildman–Crippen LogP) is 1.62. The number of amides is 1. The number of hydrogen-bond donors (Lipinski definition) is 1. The maximum Gasteiger partial charge on any atom is 0.245 e. The molecule has 0 spiro atoms. The molecule has 0 aliphatic carbocycles. The van der Waals surface area contributed by atoms with Crippen molar-refractivity contribution in [1.82, 2.24) is 5.32 Å². The number of unbranched alkanes of at least 4 members (excludes halogenated alkanes) is 1. The van der Waals surface area contributed by atoms with Gasteiger partial charge in [0.2, 0.25) is 5.91 Å². The van der Waals surface area contributed by atoms with E-state index in [-0.39, 0.29) is 18.3 Å². The van der Waals surface area contributed by atoms with Gasteiger partial charge in [-0.05, 0) is 25.8 Å². The van der Waals surface area contributed by atoms with Crippen molar-refractivity contribution in [3.05, 3.63) is 29.3 Å². The highest BCUT2D eigenvalue weighted by Gasteiger charge is 2.13. The highest BCUT2D eigenvalue weighted by molar-refractivity contribution is 6.03. The van der Waals surface area contributed by atoms with Gasteiger partial charge >= 0.3 is 0 Å². The van der Waals surface area contributed by atoms with Gasteiger partial charge in [0.1, 0.15) is 12.4 Å². The molecular weight excluding hydrogens is 286 g/mol. The first-order valence-electron chi connectivity index (χ1n) is 7.07. The van der Waals surface area contributed by atoms with Crippen molar-refractivity contribution in [3.63, 3.8) is 0 Å². The van der Waals surface area contributed by atoms with Gasteiger partial charge in [0.15, 0.2) is 12.1 Å². The average Bonchev–Trinajstić information content (AvgIpc) is 2.50. The van der Waals surface area contributed by atoms with Crippen molar-refractivity contribution in [2.24, 2.45) is 0 Å². The number of aldehydes is 1. The molecule has 0 saturated carbocycles. The van der Waals surface area contributed by atoms with E-state index in [0.717, 1.165) is 12.8 Å². The second-order valence-corrected chi connectivity index (χ2v) is 4.73. The van der Waals surface area contributed by atoms with Gasteiger partial charge in [-0.15, -0.1) is 0 Å². The molecule has 1 rings (SSSR count). The number of methoxy groups -OCH3 is 1. The highest BCUT2D eigenvalue weighted by atomic mass is 16.5. The first-order valence-corrected chi connectivity index (χ1v) is 7.07. The third kappa shape index (κ3) is 5.65. The fourth-order valence-corrected chi connectivity index (χ4v) is 1.96. The van der Waals surface area contributed by atoms with Crippen LogP contribution in [0, 0.1) is 0 Å². The van der Waals surface area contributed by atoms with E-state index in [1.807, 2.05) is 0 Å². The number of carbonyl (C=O) groups is 3. The number of Topliss-reactive ketones (excluding diaryl/α,β-unsaturated/α-hetero) is 1. The molecule has 120 valence electrons. The molecule has 0 bridgehead atoms. The van der Waals surface area contributed by atoms with Gasteiger partial charge in [-0.2, -0.15) is 0 Å².